The van der Waals surface area contributed by atoms with Crippen LogP contribution in [-0.4, -0.2) is 30.2 Å². The Kier molecular flexibility index (Phi) is 3.38. The Morgan fingerprint density at radius 1 is 1.58 bits per heavy atom. The Morgan fingerprint density at radius 3 is 2.92 bits per heavy atom. The quantitative estimate of drug-likeness (QED) is 0.636. The maximum atomic E-state index is 11.3. The molecule has 3 nitrogen and oxygen atoms in total. The van der Waals surface area contributed by atoms with E-state index in [1.165, 1.54) is 0 Å². The number of ether oxygens (including phenoxy) is 1. The van der Waals surface area contributed by atoms with Gasteiger partial charge in [0.2, 0.25) is 0 Å². The summed E-state index contributed by atoms with van der Waals surface area (Å²) in [5.41, 5.74) is 0. The van der Waals surface area contributed by atoms with Crippen LogP contribution in [0, 0.1) is 0 Å². The van der Waals surface area contributed by atoms with E-state index in [-0.39, 0.29) is 6.09 Å². The zero-order chi connectivity index (χ0) is 8.97. The minimum Gasteiger partial charge on any atom is -0.450 e. The first kappa shape index (κ1) is 9.36. The van der Waals surface area contributed by atoms with E-state index < -0.39 is 0 Å². The molecule has 0 bridgehead atoms. The molecule has 1 amide bonds. The van der Waals surface area contributed by atoms with Gasteiger partial charge < -0.3 is 9.64 Å². The third-order valence-electron chi connectivity index (χ3n) is 2.35. The lowest BCUT2D eigenvalue weighted by Crippen LogP contribution is -2.35. The van der Waals surface area contributed by atoms with Crippen LogP contribution in [0.4, 0.5) is 4.79 Å². The standard InChI is InChI=1S/C9H17NO2/c1-3-8-6-5-7-10(8)9(11)12-4-2/h8H,3-7H2,1-2H3/t8-/m1/s1. The molecule has 0 radical (unpaired) electrons. The summed E-state index contributed by atoms with van der Waals surface area (Å²) in [7, 11) is 0. The first-order chi connectivity index (χ1) is 5.79. The third-order valence-corrected chi connectivity index (χ3v) is 2.35. The average molecular weight is 171 g/mol. The SMILES string of the molecule is CCOC(=O)N1CCC[C@H]1CC. The van der Waals surface area contributed by atoms with E-state index in [4.69, 9.17) is 4.74 Å². The van der Waals surface area contributed by atoms with Crippen LogP contribution in [0.3, 0.4) is 0 Å². The van der Waals surface area contributed by atoms with Crippen LogP contribution >= 0.6 is 0 Å². The highest BCUT2D eigenvalue weighted by atomic mass is 16.6. The van der Waals surface area contributed by atoms with E-state index in [9.17, 15) is 4.79 Å². The van der Waals surface area contributed by atoms with Gasteiger partial charge in [-0.25, -0.2) is 4.79 Å². The maximum absolute atomic E-state index is 11.3. The van der Waals surface area contributed by atoms with E-state index >= 15 is 0 Å². The molecule has 1 atom stereocenters. The molecule has 1 aliphatic rings. The smallest absolute Gasteiger partial charge is 0.409 e. The number of carbonyl (C=O) groups is 1. The van der Waals surface area contributed by atoms with E-state index in [2.05, 4.69) is 6.92 Å². The summed E-state index contributed by atoms with van der Waals surface area (Å²) >= 11 is 0. The zero-order valence-corrected chi connectivity index (χ0v) is 7.88. The summed E-state index contributed by atoms with van der Waals surface area (Å²) in [6.07, 6.45) is 3.16. The van der Waals surface area contributed by atoms with Crippen molar-refractivity contribution in [2.75, 3.05) is 13.2 Å². The highest BCUT2D eigenvalue weighted by Gasteiger charge is 2.27. The van der Waals surface area contributed by atoms with Crippen LogP contribution in [-0.2, 0) is 4.74 Å². The Labute approximate surface area is 73.7 Å². The molecule has 0 N–H and O–H groups in total. The van der Waals surface area contributed by atoms with Crippen molar-refractivity contribution in [3.63, 3.8) is 0 Å². The third kappa shape index (κ3) is 1.90. The Bertz CT molecular complexity index is 159. The Hall–Kier alpha value is -0.730. The van der Waals surface area contributed by atoms with Crippen molar-refractivity contribution in [3.05, 3.63) is 0 Å². The van der Waals surface area contributed by atoms with Crippen molar-refractivity contribution in [1.29, 1.82) is 0 Å². The summed E-state index contributed by atoms with van der Waals surface area (Å²) < 4.78 is 4.94. The van der Waals surface area contributed by atoms with Gasteiger partial charge in [0.15, 0.2) is 0 Å². The molecule has 1 fully saturated rings. The van der Waals surface area contributed by atoms with Gasteiger partial charge in [-0.1, -0.05) is 6.92 Å². The van der Waals surface area contributed by atoms with E-state index in [1.807, 2.05) is 11.8 Å². The summed E-state index contributed by atoms with van der Waals surface area (Å²) in [5.74, 6) is 0. The van der Waals surface area contributed by atoms with Gasteiger partial charge in [0.05, 0.1) is 6.61 Å². The number of carbonyl (C=O) groups excluding carboxylic acids is 1. The lowest BCUT2D eigenvalue weighted by Gasteiger charge is -2.22. The molecule has 0 aromatic rings. The number of hydrogen-bond donors (Lipinski definition) is 0. The molecule has 12 heavy (non-hydrogen) atoms. The van der Waals surface area contributed by atoms with Crippen molar-refractivity contribution in [1.82, 2.24) is 4.90 Å². The average Bonchev–Trinajstić information content (AvgIpc) is 2.51. The van der Waals surface area contributed by atoms with E-state index in [0.29, 0.717) is 12.6 Å². The van der Waals surface area contributed by atoms with E-state index in [0.717, 1.165) is 25.8 Å². The molecule has 70 valence electrons. The van der Waals surface area contributed by atoms with Gasteiger partial charge in [-0.3, -0.25) is 0 Å². The van der Waals surface area contributed by atoms with Crippen LogP contribution in [0.2, 0.25) is 0 Å². The van der Waals surface area contributed by atoms with Gasteiger partial charge in [0.25, 0.3) is 0 Å². The first-order valence-corrected chi connectivity index (χ1v) is 4.73. The normalized spacial score (nSPS) is 22.8. The molecule has 1 heterocycles. The van der Waals surface area contributed by atoms with Crippen LogP contribution in [0.1, 0.15) is 33.1 Å². The summed E-state index contributed by atoms with van der Waals surface area (Å²) in [4.78, 5) is 13.2. The van der Waals surface area contributed by atoms with Crippen molar-refractivity contribution in [3.8, 4) is 0 Å². The molecular formula is C9H17NO2. The van der Waals surface area contributed by atoms with Gasteiger partial charge in [-0.05, 0) is 26.2 Å². The lowest BCUT2D eigenvalue weighted by atomic mass is 10.2. The van der Waals surface area contributed by atoms with Crippen molar-refractivity contribution >= 4 is 6.09 Å². The number of nitrogens with zero attached hydrogens (tertiary/aromatic N) is 1. The molecule has 0 aliphatic carbocycles. The predicted octanol–water partition coefficient (Wildman–Crippen LogP) is 2.02. The van der Waals surface area contributed by atoms with Gasteiger partial charge in [-0.15, -0.1) is 0 Å². The maximum Gasteiger partial charge on any atom is 0.409 e. The number of likely N-dealkylation sites (tertiary alicyclic amines) is 1. The van der Waals surface area contributed by atoms with Crippen molar-refractivity contribution < 1.29 is 9.53 Å². The fourth-order valence-corrected chi connectivity index (χ4v) is 1.71. The van der Waals surface area contributed by atoms with Crippen LogP contribution in [0.5, 0.6) is 0 Å². The highest BCUT2D eigenvalue weighted by molar-refractivity contribution is 5.68. The van der Waals surface area contributed by atoms with Crippen molar-refractivity contribution in [2.45, 2.75) is 39.2 Å². The number of hydrogen-bond acceptors (Lipinski definition) is 2. The Balaban J connectivity index is 2.43. The second-order valence-electron chi connectivity index (χ2n) is 3.10. The second-order valence-corrected chi connectivity index (χ2v) is 3.10. The van der Waals surface area contributed by atoms with Crippen LogP contribution < -0.4 is 0 Å². The largest absolute Gasteiger partial charge is 0.450 e. The molecule has 1 saturated heterocycles. The highest BCUT2D eigenvalue weighted by Crippen LogP contribution is 2.20. The Morgan fingerprint density at radius 2 is 2.33 bits per heavy atom. The first-order valence-electron chi connectivity index (χ1n) is 4.73. The second kappa shape index (κ2) is 4.33. The molecule has 0 spiro atoms. The van der Waals surface area contributed by atoms with Crippen molar-refractivity contribution in [2.24, 2.45) is 0 Å². The zero-order valence-electron chi connectivity index (χ0n) is 7.88. The molecule has 0 aromatic heterocycles. The van der Waals surface area contributed by atoms with Gasteiger partial charge in [-0.2, -0.15) is 0 Å². The predicted molar refractivity (Wildman–Crippen MR) is 47.0 cm³/mol. The monoisotopic (exact) mass is 171 g/mol. The molecule has 3 heteroatoms. The minimum atomic E-state index is -0.137. The summed E-state index contributed by atoms with van der Waals surface area (Å²) in [5, 5.41) is 0. The molecule has 1 aliphatic heterocycles. The van der Waals surface area contributed by atoms with Crippen LogP contribution in [0.15, 0.2) is 0 Å². The summed E-state index contributed by atoms with van der Waals surface area (Å²) in [6.45, 7) is 5.31. The van der Waals surface area contributed by atoms with Gasteiger partial charge in [0, 0.05) is 12.6 Å². The molecule has 0 saturated carbocycles. The fourth-order valence-electron chi connectivity index (χ4n) is 1.71. The lowest BCUT2D eigenvalue weighted by molar-refractivity contribution is 0.102. The minimum absolute atomic E-state index is 0.137. The fraction of sp³-hybridized carbons (Fsp3) is 0.889. The number of rotatable bonds is 2. The number of amides is 1. The molecule has 0 unspecified atom stereocenters. The summed E-state index contributed by atoms with van der Waals surface area (Å²) in [6, 6.07) is 0.420. The molecular weight excluding hydrogens is 154 g/mol. The van der Waals surface area contributed by atoms with Crippen LogP contribution in [0.25, 0.3) is 0 Å². The topological polar surface area (TPSA) is 29.5 Å². The van der Waals surface area contributed by atoms with E-state index in [1.54, 1.807) is 0 Å². The van der Waals surface area contributed by atoms with Gasteiger partial charge in [0.1, 0.15) is 0 Å². The molecule has 1 rings (SSSR count). The van der Waals surface area contributed by atoms with Gasteiger partial charge >= 0.3 is 6.09 Å². The molecule has 0 aromatic carbocycles.